The Morgan fingerprint density at radius 3 is 1.00 bits per heavy atom. The minimum atomic E-state index is -1.54. The van der Waals surface area contributed by atoms with Crippen molar-refractivity contribution in [2.75, 3.05) is 0 Å². The van der Waals surface area contributed by atoms with Gasteiger partial charge in [0.05, 0.1) is 36.9 Å². The van der Waals surface area contributed by atoms with Crippen molar-refractivity contribution in [3.05, 3.63) is 0 Å². The molecule has 12 N–H and O–H groups in total. The second-order valence-electron chi connectivity index (χ2n) is 3.05. The van der Waals surface area contributed by atoms with E-state index in [4.69, 9.17) is 21.7 Å². The Morgan fingerprint density at radius 2 is 0.955 bits per heavy atom. The third kappa shape index (κ3) is 26.8. The normalized spacial score (nSPS) is 10.3. The molecule has 13 nitrogen and oxygen atoms in total. The van der Waals surface area contributed by atoms with Gasteiger partial charge in [-0.05, 0) is 0 Å². The van der Waals surface area contributed by atoms with E-state index in [1.165, 1.54) is 0 Å². The van der Waals surface area contributed by atoms with Crippen LogP contribution in [0.4, 0.5) is 0 Å². The molecule has 128 valence electrons. The van der Waals surface area contributed by atoms with Crippen LogP contribution in [0, 0.1) is 0 Å². The standard InChI is InChI=1S/2C4H7NO4.3H2O.Zn/c2*5-2(4(8)9)1-3(6)7;;;;/h2*2H,1,5H2,(H,6,7)(H,8,9);3*1H2;/q;;;;;+2/p-2/t2*2-;;;;/m00..../s1. The fourth-order valence-electron chi connectivity index (χ4n) is 0.543. The van der Waals surface area contributed by atoms with Crippen LogP contribution in [-0.2, 0) is 38.7 Å². The van der Waals surface area contributed by atoms with Crippen LogP contribution in [0.2, 0.25) is 0 Å². The van der Waals surface area contributed by atoms with Gasteiger partial charge in [-0.1, -0.05) is 0 Å². The smallest absolute Gasteiger partial charge is 0.548 e. The molecule has 0 aromatic heterocycles. The zero-order valence-electron chi connectivity index (χ0n) is 11.3. The molecule has 0 saturated carbocycles. The number of carboxylic acids is 4. The number of carbonyl (C=O) groups is 4. The molecule has 0 aliphatic heterocycles. The van der Waals surface area contributed by atoms with Gasteiger partial charge in [0.25, 0.3) is 0 Å². The number of carboxylic acid groups (broad SMARTS) is 4. The van der Waals surface area contributed by atoms with Crippen molar-refractivity contribution in [2.45, 2.75) is 24.9 Å². The molecule has 0 aliphatic carbocycles. The molecule has 0 rings (SSSR count). The molecule has 0 unspecified atom stereocenters. The summed E-state index contributed by atoms with van der Waals surface area (Å²) in [7, 11) is 0. The predicted molar refractivity (Wildman–Crippen MR) is 61.3 cm³/mol. The zero-order valence-corrected chi connectivity index (χ0v) is 14.2. The van der Waals surface area contributed by atoms with Gasteiger partial charge in [-0.15, -0.1) is 0 Å². The van der Waals surface area contributed by atoms with Crippen LogP contribution in [-0.4, -0.2) is 62.6 Å². The Labute approximate surface area is 136 Å². The fraction of sp³-hybridized carbons (Fsp3) is 0.500. The molecule has 0 spiro atoms. The fourth-order valence-corrected chi connectivity index (χ4v) is 0.543. The van der Waals surface area contributed by atoms with Gasteiger partial charge in [-0.3, -0.25) is 9.59 Å². The summed E-state index contributed by atoms with van der Waals surface area (Å²) in [6.07, 6.45) is -1.19. The summed E-state index contributed by atoms with van der Waals surface area (Å²) in [6.45, 7) is 0. The second kappa shape index (κ2) is 19.3. The van der Waals surface area contributed by atoms with Crippen molar-refractivity contribution in [2.24, 2.45) is 11.5 Å². The molecule has 0 aromatic carbocycles. The SMILES string of the molecule is N[C@@H](CC(=O)O)C(=O)[O-].N[C@@H](CC(=O)O)C(=O)[O-].O.O.O.[Zn+2]. The van der Waals surface area contributed by atoms with Gasteiger partial charge in [0, 0.05) is 0 Å². The van der Waals surface area contributed by atoms with E-state index >= 15 is 0 Å². The maximum atomic E-state index is 9.74. The molecule has 2 atom stereocenters. The summed E-state index contributed by atoms with van der Waals surface area (Å²) >= 11 is 0. The van der Waals surface area contributed by atoms with Gasteiger partial charge < -0.3 is 57.9 Å². The van der Waals surface area contributed by atoms with Gasteiger partial charge in [0.15, 0.2) is 0 Å². The Kier molecular flexibility index (Phi) is 32.4. The van der Waals surface area contributed by atoms with Crippen LogP contribution in [0.1, 0.15) is 12.8 Å². The van der Waals surface area contributed by atoms with Gasteiger partial charge in [-0.2, -0.15) is 0 Å². The summed E-state index contributed by atoms with van der Waals surface area (Å²) in [5.41, 5.74) is 9.55. The van der Waals surface area contributed by atoms with Gasteiger partial charge >= 0.3 is 31.4 Å². The van der Waals surface area contributed by atoms with Gasteiger partial charge in [-0.25, -0.2) is 0 Å². The molecule has 0 aliphatic rings. The maximum absolute atomic E-state index is 9.74. The molecule has 0 amide bonds. The van der Waals surface area contributed by atoms with Crippen LogP contribution in [0.5, 0.6) is 0 Å². The van der Waals surface area contributed by atoms with E-state index in [0.717, 1.165) is 0 Å². The Hall–Kier alpha value is -1.70. The van der Waals surface area contributed by atoms with E-state index < -0.39 is 48.8 Å². The number of hydrogen-bond donors (Lipinski definition) is 4. The van der Waals surface area contributed by atoms with Crippen LogP contribution in [0.25, 0.3) is 0 Å². The van der Waals surface area contributed by atoms with Crippen molar-refractivity contribution in [1.29, 1.82) is 0 Å². The number of aliphatic carboxylic acids is 4. The molecule has 0 saturated heterocycles. The van der Waals surface area contributed by atoms with E-state index in [1.54, 1.807) is 0 Å². The van der Waals surface area contributed by atoms with E-state index in [0.29, 0.717) is 0 Å². The van der Waals surface area contributed by atoms with Gasteiger partial charge in [0.1, 0.15) is 0 Å². The van der Waals surface area contributed by atoms with Crippen molar-refractivity contribution in [3.8, 4) is 0 Å². The van der Waals surface area contributed by atoms with Gasteiger partial charge in [0.2, 0.25) is 0 Å². The average molecular weight is 384 g/mol. The topological polar surface area (TPSA) is 301 Å². The summed E-state index contributed by atoms with van der Waals surface area (Å²) in [5.74, 6) is -5.58. The first-order valence-corrected chi connectivity index (χ1v) is 4.44. The first-order valence-electron chi connectivity index (χ1n) is 4.44. The number of rotatable bonds is 6. The minimum Gasteiger partial charge on any atom is -0.548 e. The molecule has 0 aromatic rings. The third-order valence-corrected chi connectivity index (χ3v) is 1.39. The summed E-state index contributed by atoms with van der Waals surface area (Å²) in [4.78, 5) is 39.0. The van der Waals surface area contributed by atoms with Crippen LogP contribution < -0.4 is 21.7 Å². The largest absolute Gasteiger partial charge is 2.00 e. The Balaban J connectivity index is -0.0000000492. The molecular formula is C8H18N2O11Zn. The average Bonchev–Trinajstić information content (AvgIpc) is 2.16. The van der Waals surface area contributed by atoms with Crippen LogP contribution >= 0.6 is 0 Å². The van der Waals surface area contributed by atoms with Crippen molar-refractivity contribution >= 4 is 23.9 Å². The van der Waals surface area contributed by atoms with Crippen LogP contribution in [0.15, 0.2) is 0 Å². The molecule has 0 fully saturated rings. The molecule has 22 heavy (non-hydrogen) atoms. The molecule has 0 radical (unpaired) electrons. The summed E-state index contributed by atoms with van der Waals surface area (Å²) in [5, 5.41) is 35.4. The van der Waals surface area contributed by atoms with Crippen LogP contribution in [0.3, 0.4) is 0 Å². The molecular weight excluding hydrogens is 365 g/mol. The number of nitrogens with two attached hydrogens (primary N) is 2. The van der Waals surface area contributed by atoms with Crippen molar-refractivity contribution < 1.29 is 75.5 Å². The number of hydrogen-bond acceptors (Lipinski definition) is 8. The summed E-state index contributed by atoms with van der Waals surface area (Å²) in [6, 6.07) is -2.80. The zero-order chi connectivity index (χ0) is 14.9. The Morgan fingerprint density at radius 1 is 0.773 bits per heavy atom. The second-order valence-corrected chi connectivity index (χ2v) is 3.05. The predicted octanol–water partition coefficient (Wildman–Crippen LogP) is -7.40. The Bertz CT molecular complexity index is 306. The minimum absolute atomic E-state index is 0. The first-order chi connectivity index (χ1) is 8.07. The maximum Gasteiger partial charge on any atom is 2.00 e. The third-order valence-electron chi connectivity index (χ3n) is 1.39. The summed E-state index contributed by atoms with van der Waals surface area (Å²) < 4.78 is 0. The molecule has 14 heteroatoms. The monoisotopic (exact) mass is 382 g/mol. The van der Waals surface area contributed by atoms with Crippen molar-refractivity contribution in [3.63, 3.8) is 0 Å². The quantitative estimate of drug-likeness (QED) is 0.313. The number of carbonyl (C=O) groups excluding carboxylic acids is 2. The molecule has 0 heterocycles. The van der Waals surface area contributed by atoms with E-state index in [2.05, 4.69) is 0 Å². The first kappa shape index (κ1) is 37.0. The van der Waals surface area contributed by atoms with E-state index in [1.807, 2.05) is 0 Å². The van der Waals surface area contributed by atoms with Crippen molar-refractivity contribution in [1.82, 2.24) is 0 Å². The van der Waals surface area contributed by atoms with E-state index in [9.17, 15) is 29.4 Å². The van der Waals surface area contributed by atoms with E-state index in [-0.39, 0.29) is 35.9 Å². The molecule has 0 bridgehead atoms.